The van der Waals surface area contributed by atoms with Gasteiger partial charge in [0.1, 0.15) is 0 Å². The number of aliphatic imine (C=N–C) groups is 1. The number of rotatable bonds is 10. The molecule has 2 rings (SSSR count). The van der Waals surface area contributed by atoms with E-state index < -0.39 is 10.0 Å². The number of nitrogens with zero attached hydrogens (tertiary/aromatic N) is 1. The van der Waals surface area contributed by atoms with Gasteiger partial charge in [-0.3, -0.25) is 4.99 Å². The van der Waals surface area contributed by atoms with Gasteiger partial charge in [0.2, 0.25) is 10.0 Å². The standard InChI is InChI=1S/C20H34N4O2S.HI/c1-3-21-19(22-15-10-16-24-27(25,26)4-2)23-17-20(13-8-9-14-20)18-11-6-5-7-12-18;/h5-7,11-12,24H,3-4,8-10,13-17H2,1-2H3,(H2,21,22,23);1H. The van der Waals surface area contributed by atoms with E-state index in [1.807, 2.05) is 0 Å². The second-order valence-corrected chi connectivity index (χ2v) is 9.22. The van der Waals surface area contributed by atoms with E-state index in [2.05, 4.69) is 52.6 Å². The van der Waals surface area contributed by atoms with Crippen LogP contribution in [0.15, 0.2) is 35.3 Å². The molecule has 0 spiro atoms. The molecule has 0 unspecified atom stereocenters. The fraction of sp³-hybridized carbons (Fsp3) is 0.650. The highest BCUT2D eigenvalue weighted by molar-refractivity contribution is 14.0. The van der Waals surface area contributed by atoms with Crippen LogP contribution >= 0.6 is 24.0 Å². The number of hydrogen-bond acceptors (Lipinski definition) is 3. The molecule has 1 saturated carbocycles. The molecule has 0 aromatic heterocycles. The zero-order chi connectivity index (χ0) is 19.6. The number of halogens is 1. The lowest BCUT2D eigenvalue weighted by molar-refractivity contribution is 0.452. The predicted molar refractivity (Wildman–Crippen MR) is 128 cm³/mol. The molecule has 1 aliphatic carbocycles. The third-order valence-electron chi connectivity index (χ3n) is 5.18. The molecule has 6 nitrogen and oxygen atoms in total. The minimum Gasteiger partial charge on any atom is -0.357 e. The van der Waals surface area contributed by atoms with E-state index in [1.54, 1.807) is 6.92 Å². The molecule has 1 aromatic carbocycles. The lowest BCUT2D eigenvalue weighted by Crippen LogP contribution is -2.40. The molecule has 8 heteroatoms. The number of benzene rings is 1. The average molecular weight is 522 g/mol. The first kappa shape index (κ1) is 25.2. The summed E-state index contributed by atoms with van der Waals surface area (Å²) in [5.74, 6) is 0.921. The maximum absolute atomic E-state index is 11.5. The van der Waals surface area contributed by atoms with Gasteiger partial charge in [0, 0.05) is 25.0 Å². The molecule has 3 N–H and O–H groups in total. The summed E-state index contributed by atoms with van der Waals surface area (Å²) in [5.41, 5.74) is 1.52. The predicted octanol–water partition coefficient (Wildman–Crippen LogP) is 3.00. The normalized spacial score (nSPS) is 16.4. The van der Waals surface area contributed by atoms with Gasteiger partial charge in [-0.1, -0.05) is 43.2 Å². The van der Waals surface area contributed by atoms with E-state index >= 15 is 0 Å². The summed E-state index contributed by atoms with van der Waals surface area (Å²) in [6, 6.07) is 10.7. The summed E-state index contributed by atoms with van der Waals surface area (Å²) in [5, 5.41) is 6.62. The van der Waals surface area contributed by atoms with E-state index in [1.165, 1.54) is 31.2 Å². The molecule has 1 aromatic rings. The minimum absolute atomic E-state index is 0. The number of hydrogen-bond donors (Lipinski definition) is 3. The maximum atomic E-state index is 11.5. The first-order valence-corrected chi connectivity index (χ1v) is 11.7. The summed E-state index contributed by atoms with van der Waals surface area (Å²) in [6.07, 6.45) is 5.59. The van der Waals surface area contributed by atoms with Crippen molar-refractivity contribution in [1.82, 2.24) is 15.4 Å². The Bertz CT molecular complexity index is 689. The molecule has 1 fully saturated rings. The van der Waals surface area contributed by atoms with Crippen LogP contribution in [0.5, 0.6) is 0 Å². The number of nitrogens with one attached hydrogen (secondary N) is 3. The second kappa shape index (κ2) is 12.6. The molecule has 0 aliphatic heterocycles. The van der Waals surface area contributed by atoms with Crippen LogP contribution in [0.4, 0.5) is 0 Å². The Kier molecular flexibility index (Phi) is 11.4. The van der Waals surface area contributed by atoms with Crippen molar-refractivity contribution in [2.75, 3.05) is 31.9 Å². The van der Waals surface area contributed by atoms with E-state index in [-0.39, 0.29) is 35.1 Å². The molecule has 0 atom stereocenters. The van der Waals surface area contributed by atoms with Gasteiger partial charge in [-0.25, -0.2) is 13.1 Å². The Morgan fingerprint density at radius 1 is 1.07 bits per heavy atom. The fourth-order valence-electron chi connectivity index (χ4n) is 3.58. The van der Waals surface area contributed by atoms with E-state index in [4.69, 9.17) is 4.99 Å². The molecular formula is C20H35IN4O2S. The summed E-state index contributed by atoms with van der Waals surface area (Å²) in [6.45, 7) is 6.38. The van der Waals surface area contributed by atoms with Crippen molar-refractivity contribution in [2.24, 2.45) is 4.99 Å². The van der Waals surface area contributed by atoms with E-state index in [9.17, 15) is 8.42 Å². The van der Waals surface area contributed by atoms with Crippen molar-refractivity contribution in [3.8, 4) is 0 Å². The highest BCUT2D eigenvalue weighted by Gasteiger charge is 2.35. The van der Waals surface area contributed by atoms with Gasteiger partial charge in [-0.05, 0) is 38.7 Å². The van der Waals surface area contributed by atoms with Crippen LogP contribution in [0.1, 0.15) is 51.5 Å². The Morgan fingerprint density at radius 3 is 2.36 bits per heavy atom. The van der Waals surface area contributed by atoms with Crippen molar-refractivity contribution in [1.29, 1.82) is 0 Å². The Morgan fingerprint density at radius 2 is 1.75 bits per heavy atom. The van der Waals surface area contributed by atoms with Crippen LogP contribution in [-0.4, -0.2) is 46.3 Å². The summed E-state index contributed by atoms with van der Waals surface area (Å²) in [7, 11) is -3.11. The highest BCUT2D eigenvalue weighted by Crippen LogP contribution is 2.41. The van der Waals surface area contributed by atoms with Gasteiger partial charge in [0.25, 0.3) is 0 Å². The molecule has 0 radical (unpaired) electrons. The summed E-state index contributed by atoms with van der Waals surface area (Å²) >= 11 is 0. The SMILES string of the molecule is CCNC(=NCC1(c2ccccc2)CCCC1)NCCCNS(=O)(=O)CC.I. The Labute approximate surface area is 187 Å². The van der Waals surface area contributed by atoms with Gasteiger partial charge in [0.15, 0.2) is 5.96 Å². The average Bonchev–Trinajstić information content (AvgIpc) is 3.16. The molecule has 0 amide bonds. The molecule has 0 saturated heterocycles. The van der Waals surface area contributed by atoms with Gasteiger partial charge in [-0.15, -0.1) is 24.0 Å². The molecule has 0 bridgehead atoms. The monoisotopic (exact) mass is 522 g/mol. The third kappa shape index (κ3) is 7.87. The number of guanidine groups is 1. The zero-order valence-electron chi connectivity index (χ0n) is 17.0. The molecule has 0 heterocycles. The van der Waals surface area contributed by atoms with E-state index in [0.717, 1.165) is 19.0 Å². The zero-order valence-corrected chi connectivity index (χ0v) is 20.2. The highest BCUT2D eigenvalue weighted by atomic mass is 127. The van der Waals surface area contributed by atoms with Crippen LogP contribution in [0.25, 0.3) is 0 Å². The van der Waals surface area contributed by atoms with Crippen molar-refractivity contribution in [2.45, 2.75) is 51.4 Å². The number of sulfonamides is 1. The van der Waals surface area contributed by atoms with Crippen molar-refractivity contribution < 1.29 is 8.42 Å². The van der Waals surface area contributed by atoms with Gasteiger partial charge in [-0.2, -0.15) is 0 Å². The van der Waals surface area contributed by atoms with Gasteiger partial charge >= 0.3 is 0 Å². The van der Waals surface area contributed by atoms with Crippen LogP contribution in [0.2, 0.25) is 0 Å². The van der Waals surface area contributed by atoms with Crippen molar-refractivity contribution >= 4 is 40.0 Å². The maximum Gasteiger partial charge on any atom is 0.211 e. The second-order valence-electron chi connectivity index (χ2n) is 7.13. The molecular weight excluding hydrogens is 487 g/mol. The van der Waals surface area contributed by atoms with Crippen LogP contribution in [0, 0.1) is 0 Å². The van der Waals surface area contributed by atoms with Gasteiger partial charge in [0.05, 0.1) is 12.3 Å². The summed E-state index contributed by atoms with van der Waals surface area (Å²) < 4.78 is 25.5. The van der Waals surface area contributed by atoms with Gasteiger partial charge < -0.3 is 10.6 Å². The smallest absolute Gasteiger partial charge is 0.211 e. The Hall–Kier alpha value is -0.870. The van der Waals surface area contributed by atoms with Crippen LogP contribution in [-0.2, 0) is 15.4 Å². The fourth-order valence-corrected chi connectivity index (χ4v) is 4.24. The lowest BCUT2D eigenvalue weighted by Gasteiger charge is -2.28. The first-order chi connectivity index (χ1) is 13.0. The van der Waals surface area contributed by atoms with E-state index in [0.29, 0.717) is 19.5 Å². The largest absolute Gasteiger partial charge is 0.357 e. The molecule has 1 aliphatic rings. The lowest BCUT2D eigenvalue weighted by atomic mass is 9.79. The van der Waals surface area contributed by atoms with Crippen molar-refractivity contribution in [3.05, 3.63) is 35.9 Å². The van der Waals surface area contributed by atoms with Crippen LogP contribution < -0.4 is 15.4 Å². The summed E-state index contributed by atoms with van der Waals surface area (Å²) in [4.78, 5) is 4.86. The quantitative estimate of drug-likeness (QED) is 0.191. The molecule has 28 heavy (non-hydrogen) atoms. The Balaban J connectivity index is 0.00000392. The van der Waals surface area contributed by atoms with Crippen molar-refractivity contribution in [3.63, 3.8) is 0 Å². The third-order valence-corrected chi connectivity index (χ3v) is 6.58. The minimum atomic E-state index is -3.11. The van der Waals surface area contributed by atoms with Crippen LogP contribution in [0.3, 0.4) is 0 Å². The molecule has 160 valence electrons. The topological polar surface area (TPSA) is 82.6 Å². The first-order valence-electron chi connectivity index (χ1n) is 10.1.